The molecule has 1 aliphatic heterocycles. The van der Waals surface area contributed by atoms with E-state index in [-0.39, 0.29) is 35.3 Å². The standard InChI is InChI=1S/C16H18ClFN2O2/c17-12-5-4-10(7-13(12)18)11-8-14(11)19-15(21)9-20-6-2-1-3-16(20)22/h4-5,7,11,14H,1-3,6,8-9H2,(H,19,21)/t11-,14+/m0/s1. The minimum absolute atomic E-state index is 0.0213. The molecular weight excluding hydrogens is 307 g/mol. The van der Waals surface area contributed by atoms with Crippen molar-refractivity contribution in [3.63, 3.8) is 0 Å². The Bertz CT molecular complexity index is 608. The molecule has 1 N–H and O–H groups in total. The molecule has 0 radical (unpaired) electrons. The molecule has 1 heterocycles. The highest BCUT2D eigenvalue weighted by atomic mass is 35.5. The number of hydrogen-bond donors (Lipinski definition) is 1. The highest BCUT2D eigenvalue weighted by molar-refractivity contribution is 6.30. The molecule has 1 aliphatic carbocycles. The van der Waals surface area contributed by atoms with Crippen LogP contribution < -0.4 is 5.32 Å². The summed E-state index contributed by atoms with van der Waals surface area (Å²) in [7, 11) is 0. The Hall–Kier alpha value is -1.62. The Morgan fingerprint density at radius 2 is 2.23 bits per heavy atom. The monoisotopic (exact) mass is 324 g/mol. The van der Waals surface area contributed by atoms with Crippen LogP contribution in [0.4, 0.5) is 4.39 Å². The summed E-state index contributed by atoms with van der Waals surface area (Å²) in [6.45, 7) is 0.778. The molecule has 2 aliphatic rings. The van der Waals surface area contributed by atoms with Crippen LogP contribution >= 0.6 is 11.6 Å². The SMILES string of the molecule is O=C(CN1CCCCC1=O)N[C@@H]1C[C@H]1c1ccc(Cl)c(F)c1. The van der Waals surface area contributed by atoms with Crippen LogP contribution in [0.3, 0.4) is 0 Å². The van der Waals surface area contributed by atoms with E-state index in [4.69, 9.17) is 11.6 Å². The van der Waals surface area contributed by atoms with Crippen molar-refractivity contribution >= 4 is 23.4 Å². The second-order valence-electron chi connectivity index (χ2n) is 5.96. The minimum atomic E-state index is -0.435. The Morgan fingerprint density at radius 3 is 2.95 bits per heavy atom. The Morgan fingerprint density at radius 1 is 1.41 bits per heavy atom. The lowest BCUT2D eigenvalue weighted by atomic mass is 10.1. The van der Waals surface area contributed by atoms with Gasteiger partial charge in [-0.1, -0.05) is 17.7 Å². The molecule has 0 unspecified atom stereocenters. The van der Waals surface area contributed by atoms with Gasteiger partial charge in [0, 0.05) is 24.9 Å². The summed E-state index contributed by atoms with van der Waals surface area (Å²) in [4.78, 5) is 25.3. The molecule has 1 aromatic carbocycles. The molecule has 4 nitrogen and oxygen atoms in total. The lowest BCUT2D eigenvalue weighted by Gasteiger charge is -2.26. The molecule has 1 saturated heterocycles. The largest absolute Gasteiger partial charge is 0.351 e. The normalized spacial score (nSPS) is 24.3. The molecule has 0 bridgehead atoms. The van der Waals surface area contributed by atoms with E-state index < -0.39 is 5.82 Å². The van der Waals surface area contributed by atoms with E-state index in [2.05, 4.69) is 5.32 Å². The summed E-state index contributed by atoms with van der Waals surface area (Å²) in [6, 6.07) is 4.77. The van der Waals surface area contributed by atoms with Crippen molar-refractivity contribution in [2.45, 2.75) is 37.6 Å². The van der Waals surface area contributed by atoms with Gasteiger partial charge in [-0.15, -0.1) is 0 Å². The molecule has 2 atom stereocenters. The average Bonchev–Trinajstić information content (AvgIpc) is 3.23. The van der Waals surface area contributed by atoms with Gasteiger partial charge < -0.3 is 10.2 Å². The molecule has 3 rings (SSSR count). The maximum absolute atomic E-state index is 13.4. The first-order valence-electron chi connectivity index (χ1n) is 7.56. The molecule has 0 aromatic heterocycles. The predicted octanol–water partition coefficient (Wildman–Crippen LogP) is 2.46. The van der Waals surface area contributed by atoms with Gasteiger partial charge in [0.15, 0.2) is 0 Å². The first kappa shape index (κ1) is 15.3. The van der Waals surface area contributed by atoms with Crippen LogP contribution in [0, 0.1) is 5.82 Å². The maximum Gasteiger partial charge on any atom is 0.239 e. The lowest BCUT2D eigenvalue weighted by molar-refractivity contribution is -0.137. The fourth-order valence-electron chi connectivity index (χ4n) is 2.92. The Balaban J connectivity index is 1.51. The number of rotatable bonds is 4. The van der Waals surface area contributed by atoms with Crippen molar-refractivity contribution < 1.29 is 14.0 Å². The summed E-state index contributed by atoms with van der Waals surface area (Å²) in [5, 5.41) is 3.02. The van der Waals surface area contributed by atoms with Crippen LogP contribution in [0.25, 0.3) is 0 Å². The molecule has 0 spiro atoms. The smallest absolute Gasteiger partial charge is 0.239 e. The van der Waals surface area contributed by atoms with E-state index in [1.165, 1.54) is 12.1 Å². The molecule has 1 aromatic rings. The number of halogens is 2. The van der Waals surface area contributed by atoms with Crippen molar-refractivity contribution in [1.29, 1.82) is 0 Å². The molecule has 2 fully saturated rings. The minimum Gasteiger partial charge on any atom is -0.351 e. The molecule has 1 saturated carbocycles. The average molecular weight is 325 g/mol. The van der Waals surface area contributed by atoms with Gasteiger partial charge in [0.25, 0.3) is 0 Å². The lowest BCUT2D eigenvalue weighted by Crippen LogP contribution is -2.43. The zero-order chi connectivity index (χ0) is 15.7. The first-order chi connectivity index (χ1) is 10.5. The Labute approximate surface area is 133 Å². The van der Waals surface area contributed by atoms with Crippen molar-refractivity contribution in [2.24, 2.45) is 0 Å². The van der Waals surface area contributed by atoms with Crippen molar-refractivity contribution in [3.05, 3.63) is 34.6 Å². The van der Waals surface area contributed by atoms with Crippen molar-refractivity contribution in [1.82, 2.24) is 10.2 Å². The van der Waals surface area contributed by atoms with Gasteiger partial charge in [-0.25, -0.2) is 4.39 Å². The van der Waals surface area contributed by atoms with E-state index in [0.29, 0.717) is 13.0 Å². The van der Waals surface area contributed by atoms with Gasteiger partial charge >= 0.3 is 0 Å². The number of likely N-dealkylation sites (tertiary alicyclic amines) is 1. The van der Waals surface area contributed by atoms with Crippen LogP contribution in [-0.2, 0) is 9.59 Å². The third kappa shape index (κ3) is 3.40. The van der Waals surface area contributed by atoms with Gasteiger partial charge in [-0.2, -0.15) is 0 Å². The van der Waals surface area contributed by atoms with Crippen molar-refractivity contribution in [2.75, 3.05) is 13.1 Å². The van der Waals surface area contributed by atoms with E-state index in [0.717, 1.165) is 24.8 Å². The van der Waals surface area contributed by atoms with Gasteiger partial charge in [0.1, 0.15) is 5.82 Å². The second-order valence-corrected chi connectivity index (χ2v) is 6.37. The molecule has 22 heavy (non-hydrogen) atoms. The number of carbonyl (C=O) groups excluding carboxylic acids is 2. The fourth-order valence-corrected chi connectivity index (χ4v) is 3.04. The van der Waals surface area contributed by atoms with E-state index in [1.807, 2.05) is 0 Å². The highest BCUT2D eigenvalue weighted by Crippen LogP contribution is 2.41. The number of carbonyl (C=O) groups is 2. The van der Waals surface area contributed by atoms with Crippen LogP contribution in [-0.4, -0.2) is 35.8 Å². The van der Waals surface area contributed by atoms with Gasteiger partial charge in [0.05, 0.1) is 11.6 Å². The summed E-state index contributed by atoms with van der Waals surface area (Å²) < 4.78 is 13.4. The second kappa shape index (κ2) is 6.24. The number of benzene rings is 1. The predicted molar refractivity (Wildman–Crippen MR) is 81.1 cm³/mol. The Kier molecular flexibility index (Phi) is 4.34. The van der Waals surface area contributed by atoms with E-state index in [9.17, 15) is 14.0 Å². The molecule has 6 heteroatoms. The number of nitrogens with one attached hydrogen (secondary N) is 1. The quantitative estimate of drug-likeness (QED) is 0.925. The van der Waals surface area contributed by atoms with Crippen LogP contribution in [0.1, 0.15) is 37.2 Å². The number of piperidine rings is 1. The third-order valence-corrected chi connectivity index (χ3v) is 4.57. The van der Waals surface area contributed by atoms with Gasteiger partial charge in [-0.3, -0.25) is 9.59 Å². The summed E-state index contributed by atoms with van der Waals surface area (Å²) >= 11 is 5.67. The van der Waals surface area contributed by atoms with Crippen LogP contribution in [0.2, 0.25) is 5.02 Å². The van der Waals surface area contributed by atoms with Crippen LogP contribution in [0.15, 0.2) is 18.2 Å². The first-order valence-corrected chi connectivity index (χ1v) is 7.94. The van der Waals surface area contributed by atoms with Crippen LogP contribution in [0.5, 0.6) is 0 Å². The zero-order valence-electron chi connectivity index (χ0n) is 12.1. The zero-order valence-corrected chi connectivity index (χ0v) is 12.9. The maximum atomic E-state index is 13.4. The summed E-state index contributed by atoms with van der Waals surface area (Å²) in [5.41, 5.74) is 0.848. The molecular formula is C16H18ClFN2O2. The van der Waals surface area contributed by atoms with E-state index >= 15 is 0 Å². The number of nitrogens with zero attached hydrogens (tertiary/aromatic N) is 1. The topological polar surface area (TPSA) is 49.4 Å². The van der Waals surface area contributed by atoms with E-state index in [1.54, 1.807) is 11.0 Å². The van der Waals surface area contributed by atoms with Crippen molar-refractivity contribution in [3.8, 4) is 0 Å². The molecule has 2 amide bonds. The highest BCUT2D eigenvalue weighted by Gasteiger charge is 2.40. The van der Waals surface area contributed by atoms with Gasteiger partial charge in [-0.05, 0) is 37.0 Å². The summed E-state index contributed by atoms with van der Waals surface area (Å²) in [5.74, 6) is -0.395. The fraction of sp³-hybridized carbons (Fsp3) is 0.500. The number of hydrogen-bond acceptors (Lipinski definition) is 2. The number of amides is 2. The molecule has 118 valence electrons. The third-order valence-electron chi connectivity index (χ3n) is 4.26. The summed E-state index contributed by atoms with van der Waals surface area (Å²) in [6.07, 6.45) is 3.18. The van der Waals surface area contributed by atoms with Gasteiger partial charge in [0.2, 0.25) is 11.8 Å².